The number of aromatic hydroxyl groups is 2. The molecular weight excluding hydrogens is 552 g/mol. The third kappa shape index (κ3) is 6.10. The minimum Gasteiger partial charge on any atom is -0.506 e. The number of phenols is 2. The quantitative estimate of drug-likeness (QED) is 0.0661. The van der Waals surface area contributed by atoms with Gasteiger partial charge in [-0.15, -0.1) is 6.58 Å². The van der Waals surface area contributed by atoms with Gasteiger partial charge in [-0.2, -0.15) is 0 Å². The first kappa shape index (κ1) is 35.1. The summed E-state index contributed by atoms with van der Waals surface area (Å²) in [6.07, 6.45) is 5.66. The molecule has 2 saturated carbocycles. The summed E-state index contributed by atoms with van der Waals surface area (Å²) in [5.41, 5.74) is 0.119. The number of aliphatic hydroxyl groups is 2. The second-order valence-electron chi connectivity index (χ2n) is 14.5. The van der Waals surface area contributed by atoms with E-state index in [1.165, 1.54) is 12.1 Å². The van der Waals surface area contributed by atoms with Gasteiger partial charge in [0.05, 0.1) is 16.9 Å². The summed E-state index contributed by atoms with van der Waals surface area (Å²) in [4.78, 5) is 29.9. The number of allylic oxidation sites excluding steroid dienone is 7. The van der Waals surface area contributed by atoms with Gasteiger partial charge < -0.3 is 20.4 Å². The molecule has 0 spiro atoms. The zero-order valence-electron chi connectivity index (χ0n) is 27.9. The molecule has 2 fully saturated rings. The molecule has 4 N–H and O–H groups in total. The Kier molecular flexibility index (Phi) is 10.3. The minimum absolute atomic E-state index is 0.0385. The van der Waals surface area contributed by atoms with Crippen LogP contribution in [-0.4, -0.2) is 38.1 Å². The summed E-state index contributed by atoms with van der Waals surface area (Å²) in [6.45, 7) is 24.1. The van der Waals surface area contributed by atoms with Crippen LogP contribution in [0.15, 0.2) is 71.4 Å². The summed E-state index contributed by atoms with van der Waals surface area (Å²) >= 11 is 0. The monoisotopic (exact) mass is 604 g/mol. The van der Waals surface area contributed by atoms with Gasteiger partial charge in [0.25, 0.3) is 0 Å². The SMILES string of the molecule is C=C(C)CC[C@H](C[C@]12C[C@H](CC=C(C)C)C(C)(C)[C@](CC=C(C)C)(C(=O)C(=C(O)c3ccc(O)c(O)c3)C1=O)C2O)C(=C)C. The average Bonchev–Trinajstić information content (AvgIpc) is 2.91. The predicted molar refractivity (Wildman–Crippen MR) is 177 cm³/mol. The molecule has 1 aromatic carbocycles. The lowest BCUT2D eigenvalue weighted by Crippen LogP contribution is -2.71. The Balaban J connectivity index is 2.44. The molecule has 2 aliphatic carbocycles. The molecule has 0 saturated heterocycles. The molecule has 0 amide bonds. The smallest absolute Gasteiger partial charge is 0.179 e. The van der Waals surface area contributed by atoms with Crippen molar-refractivity contribution in [3.05, 3.63) is 76.9 Å². The molecule has 5 atom stereocenters. The van der Waals surface area contributed by atoms with Gasteiger partial charge in [0.15, 0.2) is 23.1 Å². The topological polar surface area (TPSA) is 115 Å². The number of Topliss-reactive ketones (excluding diaryl/α,β-unsaturated/α-hetero) is 2. The van der Waals surface area contributed by atoms with Crippen LogP contribution in [0.2, 0.25) is 0 Å². The van der Waals surface area contributed by atoms with Gasteiger partial charge in [-0.3, -0.25) is 9.59 Å². The van der Waals surface area contributed by atoms with Gasteiger partial charge in [0, 0.05) is 5.56 Å². The highest BCUT2D eigenvalue weighted by Crippen LogP contribution is 2.68. The van der Waals surface area contributed by atoms with E-state index >= 15 is 0 Å². The molecule has 2 bridgehead atoms. The lowest BCUT2D eigenvalue weighted by atomic mass is 9.37. The molecule has 6 nitrogen and oxygen atoms in total. The zero-order valence-corrected chi connectivity index (χ0v) is 27.9. The van der Waals surface area contributed by atoms with Gasteiger partial charge in [-0.05, 0) is 116 Å². The van der Waals surface area contributed by atoms with E-state index in [9.17, 15) is 30.0 Å². The van der Waals surface area contributed by atoms with Crippen LogP contribution < -0.4 is 0 Å². The third-order valence-corrected chi connectivity index (χ3v) is 10.4. The first-order valence-electron chi connectivity index (χ1n) is 15.6. The van der Waals surface area contributed by atoms with Gasteiger partial charge in [0.1, 0.15) is 11.3 Å². The standard InChI is InChI=1S/C38H52O6/c1-22(2)11-13-27(25(7)8)20-37-21-28(15-12-23(3)4)36(9,10)38(35(37)44,18-17-24(5)6)34(43)31(33(37)42)32(41)26-14-16-29(39)30(40)19-26/h12,14,16-17,19,27-28,35,39-41,44H,1,7,11,13,15,18,20-21H2,2-6,8-10H3/t27-,28+,35?,37+,38-/m1/s1. The van der Waals surface area contributed by atoms with Crippen molar-refractivity contribution in [1.29, 1.82) is 0 Å². The van der Waals surface area contributed by atoms with Crippen LogP contribution in [0.1, 0.15) is 99.5 Å². The van der Waals surface area contributed by atoms with Crippen LogP contribution in [0.3, 0.4) is 0 Å². The van der Waals surface area contributed by atoms with E-state index in [4.69, 9.17) is 0 Å². The number of carbonyl (C=O) groups excluding carboxylic acids is 2. The molecule has 3 rings (SSSR count). The van der Waals surface area contributed by atoms with E-state index in [0.717, 1.165) is 34.8 Å². The fourth-order valence-corrected chi connectivity index (χ4v) is 7.49. The number of aliphatic hydroxyl groups excluding tert-OH is 2. The number of ketones is 2. The van der Waals surface area contributed by atoms with Crippen molar-refractivity contribution in [2.75, 3.05) is 0 Å². The van der Waals surface area contributed by atoms with Crippen molar-refractivity contribution in [3.63, 3.8) is 0 Å². The Hall–Kier alpha value is -3.38. The summed E-state index contributed by atoms with van der Waals surface area (Å²) in [5, 5.41) is 44.4. The lowest BCUT2D eigenvalue weighted by Gasteiger charge is -2.65. The number of hydrogen-bond donors (Lipinski definition) is 4. The maximum atomic E-state index is 14.9. The maximum Gasteiger partial charge on any atom is 0.179 e. The number of hydrogen-bond acceptors (Lipinski definition) is 6. The van der Waals surface area contributed by atoms with Crippen molar-refractivity contribution in [3.8, 4) is 11.5 Å². The van der Waals surface area contributed by atoms with Crippen LogP contribution in [0.5, 0.6) is 11.5 Å². The van der Waals surface area contributed by atoms with E-state index in [2.05, 4.69) is 19.2 Å². The molecule has 2 aliphatic rings. The number of rotatable bonds is 11. The second-order valence-corrected chi connectivity index (χ2v) is 14.5. The molecule has 1 aromatic rings. The first-order chi connectivity index (χ1) is 20.3. The molecule has 0 aliphatic heterocycles. The molecule has 0 heterocycles. The normalized spacial score (nSPS) is 27.8. The fraction of sp³-hybridized carbons (Fsp3) is 0.526. The Bertz CT molecular complexity index is 1430. The van der Waals surface area contributed by atoms with Crippen LogP contribution >= 0.6 is 0 Å². The molecule has 6 heteroatoms. The van der Waals surface area contributed by atoms with E-state index in [0.29, 0.717) is 19.3 Å². The van der Waals surface area contributed by atoms with E-state index in [1.807, 2.05) is 61.5 Å². The summed E-state index contributed by atoms with van der Waals surface area (Å²) in [7, 11) is 0. The highest BCUT2D eigenvalue weighted by Gasteiger charge is 2.73. The van der Waals surface area contributed by atoms with Crippen molar-refractivity contribution < 1.29 is 30.0 Å². The molecule has 44 heavy (non-hydrogen) atoms. The Morgan fingerprint density at radius 1 is 0.977 bits per heavy atom. The van der Waals surface area contributed by atoms with Crippen molar-refractivity contribution in [1.82, 2.24) is 0 Å². The highest BCUT2D eigenvalue weighted by atomic mass is 16.3. The molecule has 0 aromatic heterocycles. The molecule has 0 radical (unpaired) electrons. The maximum absolute atomic E-state index is 14.9. The fourth-order valence-electron chi connectivity index (χ4n) is 7.49. The number of fused-ring (bicyclic) bond motifs is 2. The van der Waals surface area contributed by atoms with Crippen LogP contribution in [0.25, 0.3) is 5.76 Å². The number of phenolic OH excluding ortho intramolecular Hbond substituents is 2. The molecule has 1 unspecified atom stereocenters. The summed E-state index contributed by atoms with van der Waals surface area (Å²) < 4.78 is 0. The van der Waals surface area contributed by atoms with Crippen LogP contribution in [-0.2, 0) is 9.59 Å². The summed E-state index contributed by atoms with van der Waals surface area (Å²) in [6, 6.07) is 3.71. The first-order valence-corrected chi connectivity index (χ1v) is 15.6. The lowest BCUT2D eigenvalue weighted by molar-refractivity contribution is -0.208. The minimum atomic E-state index is -1.42. The zero-order chi connectivity index (χ0) is 33.4. The Morgan fingerprint density at radius 3 is 2.11 bits per heavy atom. The van der Waals surface area contributed by atoms with E-state index in [1.54, 1.807) is 0 Å². The van der Waals surface area contributed by atoms with Gasteiger partial charge in [-0.25, -0.2) is 0 Å². The van der Waals surface area contributed by atoms with Crippen LogP contribution in [0.4, 0.5) is 0 Å². The summed E-state index contributed by atoms with van der Waals surface area (Å²) in [5.74, 6) is -2.84. The van der Waals surface area contributed by atoms with Gasteiger partial charge in [0.2, 0.25) is 0 Å². The van der Waals surface area contributed by atoms with Gasteiger partial charge in [-0.1, -0.05) is 54.9 Å². The Labute approximate surface area is 263 Å². The van der Waals surface area contributed by atoms with Crippen LogP contribution in [0, 0.1) is 28.1 Å². The average molecular weight is 605 g/mol. The third-order valence-electron chi connectivity index (χ3n) is 10.4. The Morgan fingerprint density at radius 2 is 1.59 bits per heavy atom. The second kappa shape index (κ2) is 12.9. The van der Waals surface area contributed by atoms with E-state index in [-0.39, 0.29) is 41.6 Å². The van der Waals surface area contributed by atoms with Crippen molar-refractivity contribution in [2.24, 2.45) is 28.1 Å². The largest absolute Gasteiger partial charge is 0.506 e. The molecule has 240 valence electrons. The number of benzene rings is 1. The highest BCUT2D eigenvalue weighted by molar-refractivity contribution is 6.30. The van der Waals surface area contributed by atoms with Crippen molar-refractivity contribution in [2.45, 2.75) is 100 Å². The van der Waals surface area contributed by atoms with Crippen molar-refractivity contribution >= 4 is 17.3 Å². The van der Waals surface area contributed by atoms with Gasteiger partial charge >= 0.3 is 0 Å². The van der Waals surface area contributed by atoms with E-state index < -0.39 is 45.4 Å². The predicted octanol–water partition coefficient (Wildman–Crippen LogP) is 8.55. The molecular formula is C38H52O6. The number of carbonyl (C=O) groups is 2.